The fourth-order valence-electron chi connectivity index (χ4n) is 1.34. The third-order valence-corrected chi connectivity index (χ3v) is 3.73. The minimum absolute atomic E-state index is 0.0493. The van der Waals surface area contributed by atoms with E-state index in [-0.39, 0.29) is 23.1 Å². The summed E-state index contributed by atoms with van der Waals surface area (Å²) in [6, 6.07) is 3.99. The molecule has 0 spiro atoms. The summed E-state index contributed by atoms with van der Waals surface area (Å²) in [6.07, 6.45) is 3.59. The van der Waals surface area contributed by atoms with Crippen molar-refractivity contribution in [2.75, 3.05) is 6.61 Å². The maximum atomic E-state index is 9.04. The van der Waals surface area contributed by atoms with Crippen molar-refractivity contribution in [1.29, 1.82) is 0 Å². The second-order valence-corrected chi connectivity index (χ2v) is 5.28. The minimum atomic E-state index is 0.0493. The first kappa shape index (κ1) is 12.5. The Morgan fingerprint density at radius 2 is 2.27 bits per heavy atom. The second kappa shape index (κ2) is 6.10. The Bertz CT molecular complexity index is 279. The molecule has 1 aromatic rings. The molecule has 84 valence electrons. The van der Waals surface area contributed by atoms with Crippen LogP contribution in [0.3, 0.4) is 0 Å². The third kappa shape index (κ3) is 3.81. The summed E-state index contributed by atoms with van der Waals surface area (Å²) in [6.45, 7) is 4.15. The van der Waals surface area contributed by atoms with Gasteiger partial charge in [0.1, 0.15) is 0 Å². The molecule has 3 nitrogen and oxygen atoms in total. The highest BCUT2D eigenvalue weighted by atomic mass is 32.2. The second-order valence-electron chi connectivity index (χ2n) is 3.70. The molecule has 3 N–H and O–H groups in total. The standard InChI is InChI=1S/C11H18N2OS/c1-8(7-14)15-11(9(2)12)10-4-3-5-13-6-10/h3-6,8-9,11,14H,7,12H2,1-2H3. The van der Waals surface area contributed by atoms with Crippen molar-refractivity contribution < 1.29 is 5.11 Å². The van der Waals surface area contributed by atoms with Crippen molar-refractivity contribution in [3.05, 3.63) is 30.1 Å². The molecule has 3 unspecified atom stereocenters. The molecule has 1 heterocycles. The van der Waals surface area contributed by atoms with E-state index < -0.39 is 0 Å². The molecule has 0 aliphatic carbocycles. The molecular formula is C11H18N2OS. The van der Waals surface area contributed by atoms with Gasteiger partial charge in [-0.1, -0.05) is 13.0 Å². The minimum Gasteiger partial charge on any atom is -0.395 e. The van der Waals surface area contributed by atoms with E-state index in [2.05, 4.69) is 4.98 Å². The smallest absolute Gasteiger partial charge is 0.0547 e. The van der Waals surface area contributed by atoms with E-state index in [1.807, 2.05) is 32.2 Å². The molecule has 0 aromatic carbocycles. The lowest BCUT2D eigenvalue weighted by molar-refractivity contribution is 0.299. The maximum Gasteiger partial charge on any atom is 0.0547 e. The van der Waals surface area contributed by atoms with Crippen molar-refractivity contribution >= 4 is 11.8 Å². The molecular weight excluding hydrogens is 208 g/mol. The summed E-state index contributed by atoms with van der Waals surface area (Å²) in [4.78, 5) is 4.09. The molecule has 4 heteroatoms. The first-order valence-electron chi connectivity index (χ1n) is 5.07. The van der Waals surface area contributed by atoms with Gasteiger partial charge in [0.15, 0.2) is 0 Å². The van der Waals surface area contributed by atoms with Crippen LogP contribution >= 0.6 is 11.8 Å². The van der Waals surface area contributed by atoms with Crippen LogP contribution in [-0.4, -0.2) is 28.0 Å². The van der Waals surface area contributed by atoms with Crippen LogP contribution in [0.4, 0.5) is 0 Å². The van der Waals surface area contributed by atoms with E-state index in [1.165, 1.54) is 0 Å². The molecule has 0 saturated carbocycles. The summed E-state index contributed by atoms with van der Waals surface area (Å²) < 4.78 is 0. The van der Waals surface area contributed by atoms with Gasteiger partial charge in [-0.25, -0.2) is 0 Å². The van der Waals surface area contributed by atoms with Crippen LogP contribution in [0.1, 0.15) is 24.7 Å². The van der Waals surface area contributed by atoms with Gasteiger partial charge in [-0.3, -0.25) is 4.98 Å². The predicted octanol–water partition coefficient (Wildman–Crippen LogP) is 1.58. The van der Waals surface area contributed by atoms with Gasteiger partial charge >= 0.3 is 0 Å². The van der Waals surface area contributed by atoms with E-state index in [9.17, 15) is 0 Å². The Hall–Kier alpha value is -0.580. The highest BCUT2D eigenvalue weighted by Gasteiger charge is 2.19. The van der Waals surface area contributed by atoms with Crippen LogP contribution in [0.25, 0.3) is 0 Å². The van der Waals surface area contributed by atoms with Gasteiger partial charge < -0.3 is 10.8 Å². The molecule has 0 aliphatic rings. The molecule has 1 aromatic heterocycles. The average Bonchev–Trinajstić information content (AvgIpc) is 2.26. The molecule has 0 amide bonds. The zero-order valence-corrected chi connectivity index (χ0v) is 9.95. The number of nitrogens with zero attached hydrogens (tertiary/aromatic N) is 1. The summed E-state index contributed by atoms with van der Waals surface area (Å²) >= 11 is 1.69. The Morgan fingerprint density at radius 3 is 2.73 bits per heavy atom. The molecule has 15 heavy (non-hydrogen) atoms. The summed E-state index contributed by atoms with van der Waals surface area (Å²) in [5, 5.41) is 9.43. The van der Waals surface area contributed by atoms with E-state index in [4.69, 9.17) is 10.8 Å². The Balaban J connectivity index is 2.75. The number of aliphatic hydroxyl groups is 1. The van der Waals surface area contributed by atoms with Crippen LogP contribution in [0.2, 0.25) is 0 Å². The largest absolute Gasteiger partial charge is 0.395 e. The fraction of sp³-hybridized carbons (Fsp3) is 0.545. The normalized spacial score (nSPS) is 17.1. The van der Waals surface area contributed by atoms with Gasteiger partial charge in [-0.2, -0.15) is 0 Å². The Morgan fingerprint density at radius 1 is 1.53 bits per heavy atom. The van der Waals surface area contributed by atoms with Gasteiger partial charge in [0.05, 0.1) is 6.61 Å². The first-order chi connectivity index (χ1) is 7.15. The molecule has 0 fully saturated rings. The molecule has 0 bridgehead atoms. The molecule has 0 aliphatic heterocycles. The van der Waals surface area contributed by atoms with Gasteiger partial charge in [0, 0.05) is 28.9 Å². The summed E-state index contributed by atoms with van der Waals surface area (Å²) in [5.74, 6) is 0. The third-order valence-electron chi connectivity index (χ3n) is 2.13. The lowest BCUT2D eigenvalue weighted by atomic mass is 10.1. The van der Waals surface area contributed by atoms with Crippen molar-refractivity contribution in [3.8, 4) is 0 Å². The van der Waals surface area contributed by atoms with Crippen LogP contribution in [0.5, 0.6) is 0 Å². The SMILES string of the molecule is CC(CO)SC(c1cccnc1)C(C)N. The zero-order chi connectivity index (χ0) is 11.3. The van der Waals surface area contributed by atoms with Crippen molar-refractivity contribution in [3.63, 3.8) is 0 Å². The van der Waals surface area contributed by atoms with Crippen molar-refractivity contribution in [2.24, 2.45) is 5.73 Å². The molecule has 0 radical (unpaired) electrons. The van der Waals surface area contributed by atoms with Crippen LogP contribution in [-0.2, 0) is 0 Å². The van der Waals surface area contributed by atoms with E-state index in [1.54, 1.807) is 18.0 Å². The predicted molar refractivity (Wildman–Crippen MR) is 64.8 cm³/mol. The van der Waals surface area contributed by atoms with E-state index in [0.29, 0.717) is 0 Å². The number of pyridine rings is 1. The van der Waals surface area contributed by atoms with Gasteiger partial charge in [0.2, 0.25) is 0 Å². The topological polar surface area (TPSA) is 59.1 Å². The van der Waals surface area contributed by atoms with Crippen LogP contribution < -0.4 is 5.73 Å². The quantitative estimate of drug-likeness (QED) is 0.800. The fourth-order valence-corrected chi connectivity index (χ4v) is 2.47. The number of hydrogen-bond acceptors (Lipinski definition) is 4. The van der Waals surface area contributed by atoms with E-state index >= 15 is 0 Å². The van der Waals surface area contributed by atoms with Gasteiger partial charge in [0.25, 0.3) is 0 Å². The van der Waals surface area contributed by atoms with Crippen LogP contribution in [0.15, 0.2) is 24.5 Å². The summed E-state index contributed by atoms with van der Waals surface area (Å²) in [7, 11) is 0. The van der Waals surface area contributed by atoms with Crippen molar-refractivity contribution in [2.45, 2.75) is 30.4 Å². The summed E-state index contributed by atoms with van der Waals surface area (Å²) in [5.41, 5.74) is 7.06. The number of thioether (sulfide) groups is 1. The first-order valence-corrected chi connectivity index (χ1v) is 6.01. The number of aliphatic hydroxyl groups excluding tert-OH is 1. The maximum absolute atomic E-state index is 9.04. The van der Waals surface area contributed by atoms with Gasteiger partial charge in [-0.15, -0.1) is 11.8 Å². The monoisotopic (exact) mass is 226 g/mol. The Kier molecular flexibility index (Phi) is 5.08. The average molecular weight is 226 g/mol. The molecule has 3 atom stereocenters. The highest BCUT2D eigenvalue weighted by molar-refractivity contribution is 8.00. The molecule has 1 rings (SSSR count). The van der Waals surface area contributed by atoms with E-state index in [0.717, 1.165) is 5.56 Å². The number of aromatic nitrogens is 1. The number of hydrogen-bond donors (Lipinski definition) is 2. The lowest BCUT2D eigenvalue weighted by Gasteiger charge is -2.23. The number of nitrogens with two attached hydrogens (primary N) is 1. The zero-order valence-electron chi connectivity index (χ0n) is 9.13. The van der Waals surface area contributed by atoms with Crippen molar-refractivity contribution in [1.82, 2.24) is 4.98 Å². The van der Waals surface area contributed by atoms with Gasteiger partial charge in [-0.05, 0) is 18.6 Å². The lowest BCUT2D eigenvalue weighted by Crippen LogP contribution is -2.24. The molecule has 0 saturated heterocycles. The highest BCUT2D eigenvalue weighted by Crippen LogP contribution is 2.33. The van der Waals surface area contributed by atoms with Crippen LogP contribution in [0, 0.1) is 0 Å². The Labute approximate surface area is 95.1 Å². The number of rotatable bonds is 5.